The van der Waals surface area contributed by atoms with Crippen LogP contribution in [0.1, 0.15) is 38.2 Å². The van der Waals surface area contributed by atoms with E-state index in [0.717, 1.165) is 44.3 Å². The van der Waals surface area contributed by atoms with Crippen molar-refractivity contribution in [3.05, 3.63) is 35.6 Å². The van der Waals surface area contributed by atoms with E-state index >= 15 is 0 Å². The minimum atomic E-state index is -0.414. The summed E-state index contributed by atoms with van der Waals surface area (Å²) in [5, 5.41) is 0. The van der Waals surface area contributed by atoms with Crippen molar-refractivity contribution in [2.75, 3.05) is 20.1 Å². The van der Waals surface area contributed by atoms with Crippen LogP contribution in [0, 0.1) is 17.7 Å². The van der Waals surface area contributed by atoms with Gasteiger partial charge in [-0.25, -0.2) is 9.18 Å². The lowest BCUT2D eigenvalue weighted by atomic mass is 9.98. The molecule has 1 heterocycles. The number of hydrogen-bond acceptors (Lipinski definition) is 5. The number of halogens is 1. The molecule has 1 aromatic rings. The van der Waals surface area contributed by atoms with E-state index in [0.29, 0.717) is 24.7 Å². The number of rotatable bonds is 8. The Morgan fingerprint density at radius 3 is 2.82 bits per heavy atom. The van der Waals surface area contributed by atoms with Gasteiger partial charge in [0.25, 0.3) is 0 Å². The minimum Gasteiger partial charge on any atom is -0.353 e. The standard InChI is InChI=1S/C21H30FN3O3/c1-15(4-3-11-26)24(2)21(27)28-23-20-10-7-17-13-25(14-19(17)20)12-16-5-8-18(22)9-6-16/h5-6,8-9,11,15,17,19-20,23H,3-4,7,10,12-14H2,1-2H3/t15-,17+,19-,20-/m0/s1. The van der Waals surface area contributed by atoms with Gasteiger partial charge in [-0.1, -0.05) is 12.1 Å². The fourth-order valence-electron chi connectivity index (χ4n) is 4.36. The van der Waals surface area contributed by atoms with Crippen molar-refractivity contribution in [3.63, 3.8) is 0 Å². The predicted octanol–water partition coefficient (Wildman–Crippen LogP) is 2.98. The second-order valence-electron chi connectivity index (χ2n) is 8.12. The number of benzene rings is 1. The molecule has 1 saturated carbocycles. The van der Waals surface area contributed by atoms with Crippen LogP contribution in [-0.4, -0.2) is 54.4 Å². The van der Waals surface area contributed by atoms with E-state index in [2.05, 4.69) is 10.4 Å². The molecule has 6 nitrogen and oxygen atoms in total. The fourth-order valence-corrected chi connectivity index (χ4v) is 4.36. The maximum atomic E-state index is 13.1. The third-order valence-electron chi connectivity index (χ3n) is 6.20. The van der Waals surface area contributed by atoms with Gasteiger partial charge >= 0.3 is 6.09 Å². The number of fused-ring (bicyclic) bond motifs is 1. The highest BCUT2D eigenvalue weighted by Gasteiger charge is 2.43. The van der Waals surface area contributed by atoms with Crippen LogP contribution in [0.15, 0.2) is 24.3 Å². The Labute approximate surface area is 166 Å². The molecule has 0 aromatic heterocycles. The zero-order valence-corrected chi connectivity index (χ0v) is 16.6. The molecule has 1 amide bonds. The molecule has 0 radical (unpaired) electrons. The van der Waals surface area contributed by atoms with Crippen LogP contribution >= 0.6 is 0 Å². The highest BCUT2D eigenvalue weighted by molar-refractivity contribution is 5.67. The van der Waals surface area contributed by atoms with Crippen LogP contribution in [0.25, 0.3) is 0 Å². The van der Waals surface area contributed by atoms with Crippen molar-refractivity contribution >= 4 is 12.4 Å². The SMILES string of the molecule is C[C@@H](CCC=O)N(C)C(=O)ON[C@H]1CC[C@@H]2CN(Cc3ccc(F)cc3)C[C@@H]21. The van der Waals surface area contributed by atoms with Gasteiger partial charge in [0.15, 0.2) is 0 Å². The molecule has 0 spiro atoms. The molecule has 1 aromatic carbocycles. The Morgan fingerprint density at radius 1 is 1.36 bits per heavy atom. The molecule has 1 saturated heterocycles. The van der Waals surface area contributed by atoms with Crippen molar-refractivity contribution in [3.8, 4) is 0 Å². The number of hydrogen-bond donors (Lipinski definition) is 1. The molecule has 1 N–H and O–H groups in total. The highest BCUT2D eigenvalue weighted by atomic mass is 19.1. The molecule has 7 heteroatoms. The molecule has 2 aliphatic rings. The smallest absolute Gasteiger partial charge is 0.353 e. The van der Waals surface area contributed by atoms with E-state index in [1.54, 1.807) is 7.05 Å². The lowest BCUT2D eigenvalue weighted by Crippen LogP contribution is -2.43. The molecule has 4 atom stereocenters. The maximum Gasteiger partial charge on any atom is 0.428 e. The zero-order valence-electron chi connectivity index (χ0n) is 16.6. The number of hydroxylamine groups is 1. The average molecular weight is 391 g/mol. The van der Waals surface area contributed by atoms with E-state index in [4.69, 9.17) is 4.84 Å². The first-order valence-corrected chi connectivity index (χ1v) is 10.1. The summed E-state index contributed by atoms with van der Waals surface area (Å²) in [6.07, 6.45) is 3.63. The number of nitrogens with zero attached hydrogens (tertiary/aromatic N) is 2. The summed E-state index contributed by atoms with van der Waals surface area (Å²) in [5.41, 5.74) is 4.11. The van der Waals surface area contributed by atoms with Crippen LogP contribution in [-0.2, 0) is 16.2 Å². The van der Waals surface area contributed by atoms with Gasteiger partial charge in [-0.2, -0.15) is 0 Å². The third-order valence-corrected chi connectivity index (χ3v) is 6.20. The molecule has 1 aliphatic heterocycles. The number of likely N-dealkylation sites (tertiary alicyclic amines) is 1. The van der Waals surface area contributed by atoms with Crippen LogP contribution in [0.4, 0.5) is 9.18 Å². The van der Waals surface area contributed by atoms with Crippen LogP contribution in [0.3, 0.4) is 0 Å². The summed E-state index contributed by atoms with van der Waals surface area (Å²) in [6, 6.07) is 6.79. The quantitative estimate of drug-likeness (QED) is 0.545. The van der Waals surface area contributed by atoms with Crippen LogP contribution in [0.5, 0.6) is 0 Å². The van der Waals surface area contributed by atoms with Crippen LogP contribution < -0.4 is 5.48 Å². The normalized spacial score (nSPS) is 25.3. The number of carbonyl (C=O) groups excluding carboxylic acids is 2. The van der Waals surface area contributed by atoms with E-state index < -0.39 is 6.09 Å². The summed E-state index contributed by atoms with van der Waals surface area (Å²) in [4.78, 5) is 32.0. The zero-order chi connectivity index (χ0) is 20.1. The Bertz CT molecular complexity index is 669. The van der Waals surface area contributed by atoms with Crippen molar-refractivity contribution < 1.29 is 18.8 Å². The lowest BCUT2D eigenvalue weighted by molar-refractivity contribution is -0.108. The van der Waals surface area contributed by atoms with Crippen LogP contribution in [0.2, 0.25) is 0 Å². The summed E-state index contributed by atoms with van der Waals surface area (Å²) in [5.74, 6) is 0.838. The first kappa shape index (κ1) is 20.7. The number of aldehydes is 1. The highest BCUT2D eigenvalue weighted by Crippen LogP contribution is 2.38. The van der Waals surface area contributed by atoms with Gasteiger partial charge < -0.3 is 14.5 Å². The topological polar surface area (TPSA) is 61.9 Å². The molecule has 28 heavy (non-hydrogen) atoms. The summed E-state index contributed by atoms with van der Waals surface area (Å²) in [6.45, 7) is 4.69. The first-order valence-electron chi connectivity index (χ1n) is 10.1. The lowest BCUT2D eigenvalue weighted by Gasteiger charge is -2.26. The average Bonchev–Trinajstić information content (AvgIpc) is 3.25. The number of carbonyl (C=O) groups is 2. The summed E-state index contributed by atoms with van der Waals surface area (Å²) >= 11 is 0. The van der Waals surface area contributed by atoms with Crippen molar-refractivity contribution in [2.24, 2.45) is 11.8 Å². The maximum absolute atomic E-state index is 13.1. The Balaban J connectivity index is 1.45. The molecule has 1 aliphatic carbocycles. The van der Waals surface area contributed by atoms with Crippen molar-refractivity contribution in [2.45, 2.75) is 51.2 Å². The Hall–Kier alpha value is -1.99. The van der Waals surface area contributed by atoms with Crippen molar-refractivity contribution in [1.29, 1.82) is 0 Å². The third kappa shape index (κ3) is 5.08. The van der Waals surface area contributed by atoms with Gasteiger partial charge in [0.05, 0.1) is 0 Å². The molecule has 3 rings (SSSR count). The second-order valence-corrected chi connectivity index (χ2v) is 8.12. The Morgan fingerprint density at radius 2 is 2.11 bits per heavy atom. The largest absolute Gasteiger partial charge is 0.428 e. The van der Waals surface area contributed by atoms with E-state index in [9.17, 15) is 14.0 Å². The van der Waals surface area contributed by atoms with Gasteiger partial charge in [-0.3, -0.25) is 4.90 Å². The Kier molecular flexibility index (Phi) is 7.02. The monoisotopic (exact) mass is 391 g/mol. The molecule has 2 fully saturated rings. The molecule has 0 unspecified atom stereocenters. The summed E-state index contributed by atoms with van der Waals surface area (Å²) < 4.78 is 13.1. The van der Waals surface area contributed by atoms with Crippen molar-refractivity contribution in [1.82, 2.24) is 15.3 Å². The molecular weight excluding hydrogens is 361 g/mol. The fraction of sp³-hybridized carbons (Fsp3) is 0.619. The molecular formula is C21H30FN3O3. The molecule has 154 valence electrons. The van der Waals surface area contributed by atoms with Gasteiger partial charge in [-0.05, 0) is 55.7 Å². The van der Waals surface area contributed by atoms with Gasteiger partial charge in [0.1, 0.15) is 12.1 Å². The van der Waals surface area contributed by atoms with E-state index in [1.807, 2.05) is 19.1 Å². The predicted molar refractivity (Wildman–Crippen MR) is 104 cm³/mol. The van der Waals surface area contributed by atoms with Gasteiger partial charge in [0.2, 0.25) is 0 Å². The number of nitrogens with one attached hydrogen (secondary N) is 1. The van der Waals surface area contributed by atoms with E-state index in [1.165, 1.54) is 17.0 Å². The minimum absolute atomic E-state index is 0.0477. The van der Waals surface area contributed by atoms with Gasteiger partial charge in [-0.15, -0.1) is 5.48 Å². The summed E-state index contributed by atoms with van der Waals surface area (Å²) in [7, 11) is 1.69. The second kappa shape index (κ2) is 9.47. The van der Waals surface area contributed by atoms with E-state index in [-0.39, 0.29) is 17.9 Å². The number of amides is 1. The molecule has 0 bridgehead atoms. The van der Waals surface area contributed by atoms with Gasteiger partial charge in [0, 0.05) is 45.2 Å². The first-order chi connectivity index (χ1) is 13.5.